The molecule has 0 saturated heterocycles. The van der Waals surface area contributed by atoms with Crippen LogP contribution in [0.15, 0.2) is 18.2 Å². The van der Waals surface area contributed by atoms with Crippen molar-refractivity contribution in [3.8, 4) is 11.5 Å². The van der Waals surface area contributed by atoms with Gasteiger partial charge in [0.2, 0.25) is 5.91 Å². The molecule has 0 aliphatic heterocycles. The van der Waals surface area contributed by atoms with E-state index in [4.69, 9.17) is 0 Å². The van der Waals surface area contributed by atoms with E-state index in [9.17, 15) is 19.8 Å². The maximum atomic E-state index is 12.5. The van der Waals surface area contributed by atoms with Crippen LogP contribution in [0.3, 0.4) is 0 Å². The highest BCUT2D eigenvalue weighted by atomic mass is 16.3. The summed E-state index contributed by atoms with van der Waals surface area (Å²) in [5.74, 6) is -0.480. The summed E-state index contributed by atoms with van der Waals surface area (Å²) in [5.41, 5.74) is -0.319. The van der Waals surface area contributed by atoms with Gasteiger partial charge in [-0.15, -0.1) is 0 Å². The minimum Gasteiger partial charge on any atom is -0.508 e. The molecule has 126 valence electrons. The number of Topliss-reactive ketones (excluding diaryl/α,β-unsaturated/α-hetero) is 1. The molecule has 0 atom stereocenters. The number of carbonyl (C=O) groups is 2. The Labute approximate surface area is 136 Å². The first-order valence-corrected chi connectivity index (χ1v) is 8.15. The first-order chi connectivity index (χ1) is 10.8. The zero-order valence-corrected chi connectivity index (χ0v) is 13.8. The molecule has 0 aromatic heterocycles. The van der Waals surface area contributed by atoms with Crippen LogP contribution in [0.25, 0.3) is 0 Å². The van der Waals surface area contributed by atoms with Crippen LogP contribution in [0.2, 0.25) is 0 Å². The van der Waals surface area contributed by atoms with Crippen LogP contribution >= 0.6 is 0 Å². The molecule has 0 heterocycles. The summed E-state index contributed by atoms with van der Waals surface area (Å²) in [6.07, 6.45) is 5.64. The molecule has 3 N–H and O–H groups in total. The molecule has 1 aromatic rings. The van der Waals surface area contributed by atoms with Crippen molar-refractivity contribution < 1.29 is 19.8 Å². The van der Waals surface area contributed by atoms with E-state index in [1.54, 1.807) is 0 Å². The lowest BCUT2D eigenvalue weighted by Gasteiger charge is -2.35. The molecule has 0 spiro atoms. The SMILES string of the molecule is CC(C)(C(=O)NCC(=O)c1cc(O)cc(O)c1)C1CCCCC1. The van der Waals surface area contributed by atoms with E-state index in [0.717, 1.165) is 31.7 Å². The predicted molar refractivity (Wildman–Crippen MR) is 87.5 cm³/mol. The summed E-state index contributed by atoms with van der Waals surface area (Å²) in [6, 6.07) is 3.71. The van der Waals surface area contributed by atoms with Crippen molar-refractivity contribution in [2.24, 2.45) is 11.3 Å². The van der Waals surface area contributed by atoms with Gasteiger partial charge in [0.25, 0.3) is 0 Å². The van der Waals surface area contributed by atoms with Gasteiger partial charge in [-0.05, 0) is 30.9 Å². The Bertz CT molecular complexity index is 568. The van der Waals surface area contributed by atoms with E-state index in [2.05, 4.69) is 5.32 Å². The lowest BCUT2D eigenvalue weighted by molar-refractivity contribution is -0.132. The van der Waals surface area contributed by atoms with Crippen molar-refractivity contribution in [1.29, 1.82) is 0 Å². The van der Waals surface area contributed by atoms with Gasteiger partial charge in [0.15, 0.2) is 5.78 Å². The highest BCUT2D eigenvalue weighted by molar-refractivity contribution is 6.00. The zero-order chi connectivity index (χ0) is 17.0. The Balaban J connectivity index is 1.96. The maximum Gasteiger partial charge on any atom is 0.226 e. The van der Waals surface area contributed by atoms with Crippen molar-refractivity contribution in [3.05, 3.63) is 23.8 Å². The van der Waals surface area contributed by atoms with E-state index >= 15 is 0 Å². The van der Waals surface area contributed by atoms with Crippen molar-refractivity contribution in [2.75, 3.05) is 6.54 Å². The predicted octanol–water partition coefficient (Wildman–Crippen LogP) is 3.00. The summed E-state index contributed by atoms with van der Waals surface area (Å²) in [7, 11) is 0. The molecule has 1 aliphatic rings. The van der Waals surface area contributed by atoms with Crippen LogP contribution in [0.5, 0.6) is 11.5 Å². The minimum absolute atomic E-state index is 0.123. The van der Waals surface area contributed by atoms with E-state index in [1.165, 1.54) is 18.6 Å². The Hall–Kier alpha value is -2.04. The molecule has 1 amide bonds. The monoisotopic (exact) mass is 319 g/mol. The molecule has 0 bridgehead atoms. The topological polar surface area (TPSA) is 86.6 Å². The third kappa shape index (κ3) is 4.24. The third-order valence-electron chi connectivity index (χ3n) is 4.85. The van der Waals surface area contributed by atoms with E-state index in [-0.39, 0.29) is 35.3 Å². The largest absolute Gasteiger partial charge is 0.508 e. The van der Waals surface area contributed by atoms with Crippen molar-refractivity contribution in [1.82, 2.24) is 5.32 Å². The molecule has 2 rings (SSSR count). The second-order valence-corrected chi connectivity index (χ2v) is 6.90. The van der Waals surface area contributed by atoms with Crippen LogP contribution in [-0.4, -0.2) is 28.4 Å². The number of ketones is 1. The van der Waals surface area contributed by atoms with Gasteiger partial charge in [-0.2, -0.15) is 0 Å². The fraction of sp³-hybridized carbons (Fsp3) is 0.556. The standard InChI is InChI=1S/C18H25NO4/c1-18(2,13-6-4-3-5-7-13)17(23)19-11-16(22)12-8-14(20)10-15(21)9-12/h8-10,13,20-21H,3-7,11H2,1-2H3,(H,19,23). The average molecular weight is 319 g/mol. The molecule has 23 heavy (non-hydrogen) atoms. The molecule has 1 fully saturated rings. The first-order valence-electron chi connectivity index (χ1n) is 8.15. The fourth-order valence-electron chi connectivity index (χ4n) is 3.26. The number of phenols is 2. The smallest absolute Gasteiger partial charge is 0.226 e. The minimum atomic E-state index is -0.498. The second-order valence-electron chi connectivity index (χ2n) is 6.90. The number of amides is 1. The molecule has 0 radical (unpaired) electrons. The zero-order valence-electron chi connectivity index (χ0n) is 13.8. The number of carbonyl (C=O) groups excluding carboxylic acids is 2. The Morgan fingerprint density at radius 3 is 2.22 bits per heavy atom. The number of aromatic hydroxyl groups is 2. The highest BCUT2D eigenvalue weighted by Gasteiger charge is 2.37. The molecule has 1 aliphatic carbocycles. The number of hydrogen-bond acceptors (Lipinski definition) is 4. The van der Waals surface area contributed by atoms with Gasteiger partial charge in [-0.3, -0.25) is 9.59 Å². The molecule has 1 aromatic carbocycles. The van der Waals surface area contributed by atoms with Gasteiger partial charge >= 0.3 is 0 Å². The fourth-order valence-corrected chi connectivity index (χ4v) is 3.26. The summed E-state index contributed by atoms with van der Waals surface area (Å²) < 4.78 is 0. The third-order valence-corrected chi connectivity index (χ3v) is 4.85. The number of rotatable bonds is 5. The summed E-state index contributed by atoms with van der Waals surface area (Å²) in [4.78, 5) is 24.6. The second kappa shape index (κ2) is 7.02. The van der Waals surface area contributed by atoms with Crippen LogP contribution < -0.4 is 5.32 Å². The van der Waals surface area contributed by atoms with Crippen molar-refractivity contribution in [2.45, 2.75) is 46.0 Å². The highest BCUT2D eigenvalue weighted by Crippen LogP contribution is 2.38. The van der Waals surface area contributed by atoms with Gasteiger partial charge in [-0.25, -0.2) is 0 Å². The Morgan fingerprint density at radius 1 is 1.09 bits per heavy atom. The lowest BCUT2D eigenvalue weighted by atomic mass is 9.70. The van der Waals surface area contributed by atoms with Crippen molar-refractivity contribution in [3.63, 3.8) is 0 Å². The van der Waals surface area contributed by atoms with Gasteiger partial charge in [0.05, 0.1) is 6.54 Å². The molecule has 5 heteroatoms. The number of phenolic OH excluding ortho intramolecular Hbond substituents is 2. The average Bonchev–Trinajstić information content (AvgIpc) is 2.52. The maximum absolute atomic E-state index is 12.5. The summed E-state index contributed by atoms with van der Waals surface area (Å²) >= 11 is 0. The lowest BCUT2D eigenvalue weighted by Crippen LogP contribution is -2.44. The summed E-state index contributed by atoms with van der Waals surface area (Å²) in [5, 5.41) is 21.5. The first kappa shape index (κ1) is 17.3. The van der Waals surface area contributed by atoms with Crippen LogP contribution in [0.4, 0.5) is 0 Å². The molecule has 5 nitrogen and oxygen atoms in total. The van der Waals surface area contributed by atoms with Gasteiger partial charge in [0, 0.05) is 17.0 Å². The van der Waals surface area contributed by atoms with Crippen LogP contribution in [0, 0.1) is 11.3 Å². The Kier molecular flexibility index (Phi) is 5.29. The molecular formula is C18H25NO4. The molecular weight excluding hydrogens is 294 g/mol. The van der Waals surface area contributed by atoms with E-state index < -0.39 is 5.41 Å². The normalized spacial score (nSPS) is 16.1. The van der Waals surface area contributed by atoms with Gasteiger partial charge < -0.3 is 15.5 Å². The van der Waals surface area contributed by atoms with Crippen LogP contribution in [-0.2, 0) is 4.79 Å². The Morgan fingerprint density at radius 2 is 1.65 bits per heavy atom. The summed E-state index contributed by atoms with van der Waals surface area (Å²) in [6.45, 7) is 3.73. The van der Waals surface area contributed by atoms with Crippen molar-refractivity contribution >= 4 is 11.7 Å². The molecule has 0 unspecified atom stereocenters. The van der Waals surface area contributed by atoms with Gasteiger partial charge in [-0.1, -0.05) is 33.1 Å². The number of hydrogen-bond donors (Lipinski definition) is 3. The van der Waals surface area contributed by atoms with Gasteiger partial charge in [0.1, 0.15) is 11.5 Å². The van der Waals surface area contributed by atoms with E-state index in [0.29, 0.717) is 5.92 Å². The number of nitrogens with one attached hydrogen (secondary N) is 1. The number of benzene rings is 1. The van der Waals surface area contributed by atoms with E-state index in [1.807, 2.05) is 13.8 Å². The van der Waals surface area contributed by atoms with Crippen LogP contribution in [0.1, 0.15) is 56.3 Å². The molecule has 1 saturated carbocycles. The quantitative estimate of drug-likeness (QED) is 0.728.